The lowest BCUT2D eigenvalue weighted by atomic mass is 10.1. The molecule has 1 aromatic carbocycles. The van der Waals surface area contributed by atoms with Crippen LogP contribution in [0.5, 0.6) is 0 Å². The Bertz CT molecular complexity index is 595. The highest BCUT2D eigenvalue weighted by atomic mass is 32.1. The average molecular weight is 277 g/mol. The van der Waals surface area contributed by atoms with Crippen molar-refractivity contribution in [3.8, 4) is 0 Å². The van der Waals surface area contributed by atoms with Crippen LogP contribution >= 0.6 is 11.3 Å². The van der Waals surface area contributed by atoms with Gasteiger partial charge in [0.2, 0.25) is 0 Å². The van der Waals surface area contributed by atoms with Crippen molar-refractivity contribution in [2.24, 2.45) is 0 Å². The molecular formula is C13H15N3O2S. The summed E-state index contributed by atoms with van der Waals surface area (Å²) in [6.07, 6.45) is 0. The third-order valence-electron chi connectivity index (χ3n) is 2.60. The number of nitrogens with zero attached hydrogens (tertiary/aromatic N) is 1. The number of rotatable bonds is 4. The van der Waals surface area contributed by atoms with Crippen LogP contribution in [0.1, 0.15) is 21.1 Å². The number of hydrogen-bond donors (Lipinski definition) is 2. The van der Waals surface area contributed by atoms with E-state index in [0.29, 0.717) is 23.5 Å². The summed E-state index contributed by atoms with van der Waals surface area (Å²) in [5, 5.41) is 6.18. The molecule has 0 amide bonds. The van der Waals surface area contributed by atoms with Crippen LogP contribution < -0.4 is 11.1 Å². The molecule has 2 aromatic rings. The Morgan fingerprint density at radius 2 is 2.32 bits per heavy atom. The van der Waals surface area contributed by atoms with Gasteiger partial charge < -0.3 is 15.8 Å². The number of ether oxygens (including phenoxy) is 1. The van der Waals surface area contributed by atoms with E-state index in [4.69, 9.17) is 5.73 Å². The number of carbonyl (C=O) groups is 1. The number of nitrogen functional groups attached to an aromatic ring is 1. The van der Waals surface area contributed by atoms with Gasteiger partial charge in [-0.15, -0.1) is 11.3 Å². The van der Waals surface area contributed by atoms with Crippen LogP contribution in [-0.2, 0) is 11.3 Å². The molecule has 5 nitrogen and oxygen atoms in total. The van der Waals surface area contributed by atoms with Crippen LogP contribution in [0.3, 0.4) is 0 Å². The molecule has 0 aliphatic rings. The van der Waals surface area contributed by atoms with Gasteiger partial charge in [0.1, 0.15) is 0 Å². The van der Waals surface area contributed by atoms with E-state index in [1.54, 1.807) is 29.5 Å². The molecule has 2 rings (SSSR count). The summed E-state index contributed by atoms with van der Waals surface area (Å²) in [7, 11) is 1.35. The number of methoxy groups -OCH3 is 1. The Balaban J connectivity index is 2.12. The Labute approximate surface area is 115 Å². The van der Waals surface area contributed by atoms with E-state index in [0.717, 1.165) is 10.7 Å². The number of esters is 1. The molecule has 0 fully saturated rings. The molecule has 0 spiro atoms. The van der Waals surface area contributed by atoms with Crippen LogP contribution in [0.25, 0.3) is 0 Å². The number of carbonyl (C=O) groups excluding carboxylic acids is 1. The van der Waals surface area contributed by atoms with Crippen LogP contribution in [0.4, 0.5) is 11.4 Å². The van der Waals surface area contributed by atoms with Gasteiger partial charge in [-0.3, -0.25) is 0 Å². The molecule has 0 saturated heterocycles. The number of hydrogen-bond acceptors (Lipinski definition) is 6. The van der Waals surface area contributed by atoms with Gasteiger partial charge in [-0.1, -0.05) is 0 Å². The molecule has 6 heteroatoms. The first-order chi connectivity index (χ1) is 9.10. The molecule has 0 aliphatic heterocycles. The van der Waals surface area contributed by atoms with Crippen LogP contribution in [0.2, 0.25) is 0 Å². The quantitative estimate of drug-likeness (QED) is 0.663. The van der Waals surface area contributed by atoms with Crippen molar-refractivity contribution in [1.82, 2.24) is 4.98 Å². The number of aryl methyl sites for hydroxylation is 1. The van der Waals surface area contributed by atoms with Crippen molar-refractivity contribution in [3.05, 3.63) is 39.8 Å². The van der Waals surface area contributed by atoms with Gasteiger partial charge in [0.25, 0.3) is 0 Å². The normalized spacial score (nSPS) is 10.2. The zero-order chi connectivity index (χ0) is 13.8. The van der Waals surface area contributed by atoms with Crippen LogP contribution in [0, 0.1) is 6.92 Å². The summed E-state index contributed by atoms with van der Waals surface area (Å²) < 4.78 is 4.68. The monoisotopic (exact) mass is 277 g/mol. The van der Waals surface area contributed by atoms with Gasteiger partial charge in [0.15, 0.2) is 0 Å². The molecule has 1 aromatic heterocycles. The fraction of sp³-hybridized carbons (Fsp3) is 0.231. The lowest BCUT2D eigenvalue weighted by Gasteiger charge is -2.09. The van der Waals surface area contributed by atoms with E-state index < -0.39 is 0 Å². The zero-order valence-corrected chi connectivity index (χ0v) is 11.6. The van der Waals surface area contributed by atoms with E-state index in [1.807, 2.05) is 12.3 Å². The highest BCUT2D eigenvalue weighted by molar-refractivity contribution is 7.09. The topological polar surface area (TPSA) is 77.2 Å². The maximum absolute atomic E-state index is 11.5. The number of aromatic nitrogens is 1. The van der Waals surface area contributed by atoms with E-state index in [2.05, 4.69) is 15.0 Å². The number of nitrogens with one attached hydrogen (secondary N) is 1. The molecule has 0 radical (unpaired) electrons. The second-order valence-corrected chi connectivity index (χ2v) is 5.07. The Morgan fingerprint density at radius 3 is 2.95 bits per heavy atom. The van der Waals surface area contributed by atoms with Gasteiger partial charge in [-0.05, 0) is 25.1 Å². The second-order valence-electron chi connectivity index (χ2n) is 4.01. The molecule has 0 bridgehead atoms. The minimum Gasteiger partial charge on any atom is -0.465 e. The van der Waals surface area contributed by atoms with Crippen molar-refractivity contribution >= 4 is 28.7 Å². The standard InChI is InChI=1S/C13H15N3O2S/c1-8-16-10(7-19-8)6-15-12-5-9(13(17)18-2)3-4-11(12)14/h3-5,7,15H,6,14H2,1-2H3. The smallest absolute Gasteiger partial charge is 0.337 e. The van der Waals surface area contributed by atoms with Crippen LogP contribution in [0.15, 0.2) is 23.6 Å². The number of benzene rings is 1. The molecule has 19 heavy (non-hydrogen) atoms. The van der Waals surface area contributed by atoms with E-state index in [9.17, 15) is 4.79 Å². The molecule has 100 valence electrons. The largest absolute Gasteiger partial charge is 0.465 e. The molecule has 0 saturated carbocycles. The zero-order valence-electron chi connectivity index (χ0n) is 10.8. The van der Waals surface area contributed by atoms with Gasteiger partial charge in [-0.25, -0.2) is 9.78 Å². The first-order valence-corrected chi connectivity index (χ1v) is 6.61. The van der Waals surface area contributed by atoms with Gasteiger partial charge >= 0.3 is 5.97 Å². The molecule has 0 unspecified atom stereocenters. The number of thiazole rings is 1. The Morgan fingerprint density at radius 1 is 1.53 bits per heavy atom. The summed E-state index contributed by atoms with van der Waals surface area (Å²) >= 11 is 1.60. The molecule has 1 heterocycles. The summed E-state index contributed by atoms with van der Waals surface area (Å²) in [5.41, 5.74) is 8.57. The van der Waals surface area contributed by atoms with E-state index in [-0.39, 0.29) is 5.97 Å². The van der Waals surface area contributed by atoms with E-state index >= 15 is 0 Å². The Hall–Kier alpha value is -2.08. The summed E-state index contributed by atoms with van der Waals surface area (Å²) in [5.74, 6) is -0.382. The maximum Gasteiger partial charge on any atom is 0.337 e. The molecule has 0 atom stereocenters. The predicted molar refractivity (Wildman–Crippen MR) is 76.4 cm³/mol. The fourth-order valence-electron chi connectivity index (χ4n) is 1.63. The van der Waals surface area contributed by atoms with Gasteiger partial charge in [0.05, 0.1) is 41.3 Å². The molecular weight excluding hydrogens is 262 g/mol. The summed E-state index contributed by atoms with van der Waals surface area (Å²) in [6.45, 7) is 2.53. The Kier molecular flexibility index (Phi) is 4.01. The third kappa shape index (κ3) is 3.23. The minimum atomic E-state index is -0.382. The van der Waals surface area contributed by atoms with Crippen molar-refractivity contribution in [1.29, 1.82) is 0 Å². The molecule has 0 aliphatic carbocycles. The second kappa shape index (κ2) is 5.71. The first-order valence-electron chi connectivity index (χ1n) is 5.73. The van der Waals surface area contributed by atoms with Gasteiger partial charge in [0, 0.05) is 5.38 Å². The van der Waals surface area contributed by atoms with Crippen molar-refractivity contribution in [2.75, 3.05) is 18.2 Å². The number of anilines is 2. The third-order valence-corrected chi connectivity index (χ3v) is 3.42. The highest BCUT2D eigenvalue weighted by Crippen LogP contribution is 2.21. The van der Waals surface area contributed by atoms with E-state index in [1.165, 1.54) is 7.11 Å². The number of nitrogens with two attached hydrogens (primary N) is 1. The van der Waals surface area contributed by atoms with Crippen molar-refractivity contribution in [2.45, 2.75) is 13.5 Å². The predicted octanol–water partition coefficient (Wildman–Crippen LogP) is 2.43. The fourth-order valence-corrected chi connectivity index (χ4v) is 2.24. The lowest BCUT2D eigenvalue weighted by molar-refractivity contribution is 0.0601. The first kappa shape index (κ1) is 13.4. The van der Waals surface area contributed by atoms with Crippen molar-refractivity contribution in [3.63, 3.8) is 0 Å². The minimum absolute atomic E-state index is 0.382. The average Bonchev–Trinajstić information content (AvgIpc) is 2.82. The van der Waals surface area contributed by atoms with Crippen LogP contribution in [-0.4, -0.2) is 18.1 Å². The summed E-state index contributed by atoms with van der Waals surface area (Å²) in [4.78, 5) is 15.8. The molecule has 3 N–H and O–H groups in total. The van der Waals surface area contributed by atoms with Crippen molar-refractivity contribution < 1.29 is 9.53 Å². The SMILES string of the molecule is COC(=O)c1ccc(N)c(NCc2csc(C)n2)c1. The summed E-state index contributed by atoms with van der Waals surface area (Å²) in [6, 6.07) is 5.00. The van der Waals surface area contributed by atoms with Gasteiger partial charge in [-0.2, -0.15) is 0 Å². The lowest BCUT2D eigenvalue weighted by Crippen LogP contribution is -2.06. The highest BCUT2D eigenvalue weighted by Gasteiger charge is 2.08. The maximum atomic E-state index is 11.5.